The number of hydrogen-bond donors (Lipinski definition) is 0. The Morgan fingerprint density at radius 3 is 2.58 bits per heavy atom. The average Bonchev–Trinajstić information content (AvgIpc) is 2.94. The molecule has 0 saturated carbocycles. The fourth-order valence-electron chi connectivity index (χ4n) is 2.23. The van der Waals surface area contributed by atoms with E-state index in [0.717, 1.165) is 23.5 Å². The maximum absolute atomic E-state index is 11.8. The molecule has 0 aliphatic heterocycles. The van der Waals surface area contributed by atoms with Crippen molar-refractivity contribution in [3.05, 3.63) is 27.6 Å². The zero-order valence-corrected chi connectivity index (χ0v) is 13.1. The summed E-state index contributed by atoms with van der Waals surface area (Å²) in [5.41, 5.74) is 0.909. The predicted molar refractivity (Wildman–Crippen MR) is 81.4 cm³/mol. The van der Waals surface area contributed by atoms with E-state index in [-0.39, 0.29) is 11.2 Å². The van der Waals surface area contributed by atoms with Crippen molar-refractivity contribution in [1.29, 1.82) is 0 Å². The minimum absolute atomic E-state index is 0.176. The van der Waals surface area contributed by atoms with Crippen LogP contribution < -0.4 is 0 Å². The number of thiophene rings is 1. The molecule has 1 aliphatic carbocycles. The Labute approximate surface area is 121 Å². The third-order valence-corrected chi connectivity index (χ3v) is 6.12. The molecule has 0 bridgehead atoms. The van der Waals surface area contributed by atoms with Gasteiger partial charge in [0, 0.05) is 16.2 Å². The number of ketones is 1. The first-order chi connectivity index (χ1) is 8.95. The van der Waals surface area contributed by atoms with Crippen LogP contribution in [0.3, 0.4) is 0 Å². The molecule has 2 nitrogen and oxygen atoms in total. The van der Waals surface area contributed by atoms with Gasteiger partial charge in [0.1, 0.15) is 10.7 Å². The van der Waals surface area contributed by atoms with Gasteiger partial charge in [-0.05, 0) is 30.4 Å². The first kappa shape index (κ1) is 13.0. The van der Waals surface area contributed by atoms with E-state index in [1.165, 1.54) is 14.6 Å². The highest BCUT2D eigenvalue weighted by atomic mass is 32.1. The lowest BCUT2D eigenvalue weighted by atomic mass is 9.95. The quantitative estimate of drug-likeness (QED) is 0.763. The molecule has 2 aromatic rings. The number of rotatable bonds is 1. The lowest BCUT2D eigenvalue weighted by Gasteiger charge is -2.15. The molecule has 19 heavy (non-hydrogen) atoms. The summed E-state index contributed by atoms with van der Waals surface area (Å²) in [5, 5.41) is 1.01. The van der Waals surface area contributed by atoms with Crippen molar-refractivity contribution in [2.24, 2.45) is 0 Å². The zero-order valence-electron chi connectivity index (χ0n) is 11.4. The highest BCUT2D eigenvalue weighted by Gasteiger charge is 2.24. The summed E-state index contributed by atoms with van der Waals surface area (Å²) in [4.78, 5) is 20.2. The lowest BCUT2D eigenvalue weighted by Crippen LogP contribution is -2.08. The van der Waals surface area contributed by atoms with Gasteiger partial charge in [-0.25, -0.2) is 4.98 Å². The van der Waals surface area contributed by atoms with Crippen molar-refractivity contribution in [2.45, 2.75) is 45.4 Å². The third kappa shape index (κ3) is 2.39. The molecule has 1 aliphatic rings. The molecular weight excluding hydrogens is 274 g/mol. The standard InChI is InChI=1S/C15H17NOS2/c1-15(2,3)12-8-7-11(18-12)14-16-13-9(17)5-4-6-10(13)19-14/h7-8H,4-6H2,1-3H3. The minimum Gasteiger partial charge on any atom is -0.292 e. The Hall–Kier alpha value is -1.00. The van der Waals surface area contributed by atoms with Gasteiger partial charge >= 0.3 is 0 Å². The molecule has 2 heterocycles. The second-order valence-corrected chi connectivity index (χ2v) is 8.15. The summed E-state index contributed by atoms with van der Waals surface area (Å²) in [6, 6.07) is 4.32. The smallest absolute Gasteiger partial charge is 0.182 e. The average molecular weight is 291 g/mol. The normalized spacial score (nSPS) is 15.6. The number of carbonyl (C=O) groups is 1. The van der Waals surface area contributed by atoms with Crippen LogP contribution in [0.4, 0.5) is 0 Å². The summed E-state index contributed by atoms with van der Waals surface area (Å²) in [5.74, 6) is 0.219. The minimum atomic E-state index is 0.176. The second kappa shape index (κ2) is 4.53. The summed E-state index contributed by atoms with van der Waals surface area (Å²) in [7, 11) is 0. The van der Waals surface area contributed by atoms with Gasteiger partial charge in [0.2, 0.25) is 0 Å². The Bertz CT molecular complexity index is 631. The highest BCUT2D eigenvalue weighted by Crippen LogP contribution is 2.38. The number of aryl methyl sites for hydroxylation is 1. The van der Waals surface area contributed by atoms with Gasteiger partial charge in [-0.15, -0.1) is 22.7 Å². The lowest BCUT2D eigenvalue weighted by molar-refractivity contribution is 0.0968. The molecule has 3 rings (SSSR count). The zero-order chi connectivity index (χ0) is 13.6. The van der Waals surface area contributed by atoms with Crippen molar-refractivity contribution in [1.82, 2.24) is 4.98 Å². The van der Waals surface area contributed by atoms with E-state index >= 15 is 0 Å². The van der Waals surface area contributed by atoms with E-state index in [0.29, 0.717) is 6.42 Å². The molecule has 0 spiro atoms. The fourth-order valence-corrected chi connectivity index (χ4v) is 4.47. The predicted octanol–water partition coefficient (Wildman–Crippen LogP) is 4.69. The van der Waals surface area contributed by atoms with Crippen molar-refractivity contribution < 1.29 is 4.79 Å². The van der Waals surface area contributed by atoms with Gasteiger partial charge in [0.25, 0.3) is 0 Å². The fraction of sp³-hybridized carbons (Fsp3) is 0.467. The largest absolute Gasteiger partial charge is 0.292 e. The molecule has 0 atom stereocenters. The van der Waals surface area contributed by atoms with Gasteiger partial charge < -0.3 is 0 Å². The van der Waals surface area contributed by atoms with Crippen LogP contribution >= 0.6 is 22.7 Å². The summed E-state index contributed by atoms with van der Waals surface area (Å²) >= 11 is 3.49. The molecule has 0 aromatic carbocycles. The highest BCUT2D eigenvalue weighted by molar-refractivity contribution is 7.22. The molecule has 0 amide bonds. The van der Waals surface area contributed by atoms with Crippen molar-refractivity contribution in [2.75, 3.05) is 0 Å². The van der Waals surface area contributed by atoms with Gasteiger partial charge in [-0.3, -0.25) is 4.79 Å². The molecular formula is C15H17NOS2. The first-order valence-electron chi connectivity index (χ1n) is 6.59. The molecule has 0 saturated heterocycles. The Balaban J connectivity index is 1.99. The molecule has 0 fully saturated rings. The topological polar surface area (TPSA) is 30.0 Å². The molecule has 2 aromatic heterocycles. The van der Waals surface area contributed by atoms with Crippen LogP contribution in [0, 0.1) is 0 Å². The molecule has 4 heteroatoms. The number of Topliss-reactive ketones (excluding diaryl/α,β-unsaturated/α-hetero) is 1. The summed E-state index contributed by atoms with van der Waals surface area (Å²) < 4.78 is 0. The van der Waals surface area contributed by atoms with Crippen LogP contribution in [0.15, 0.2) is 12.1 Å². The SMILES string of the molecule is CC(C)(C)c1ccc(-c2nc3c(s2)CCCC3=O)s1. The Morgan fingerprint density at radius 1 is 1.16 bits per heavy atom. The van der Waals surface area contributed by atoms with E-state index in [9.17, 15) is 4.79 Å². The molecule has 100 valence electrons. The monoisotopic (exact) mass is 291 g/mol. The van der Waals surface area contributed by atoms with Gasteiger partial charge in [0.05, 0.1) is 4.88 Å². The van der Waals surface area contributed by atoms with Crippen LogP contribution in [0.1, 0.15) is 53.9 Å². The van der Waals surface area contributed by atoms with Crippen LogP contribution in [0.2, 0.25) is 0 Å². The van der Waals surface area contributed by atoms with E-state index in [1.807, 2.05) is 0 Å². The van der Waals surface area contributed by atoms with Crippen molar-refractivity contribution >= 4 is 28.5 Å². The molecule has 0 radical (unpaired) electrons. The van der Waals surface area contributed by atoms with Gasteiger partial charge in [-0.1, -0.05) is 20.8 Å². The van der Waals surface area contributed by atoms with E-state index in [4.69, 9.17) is 0 Å². The van der Waals surface area contributed by atoms with E-state index < -0.39 is 0 Å². The second-order valence-electron chi connectivity index (χ2n) is 5.98. The molecule has 0 N–H and O–H groups in total. The van der Waals surface area contributed by atoms with Crippen LogP contribution in [0.25, 0.3) is 9.88 Å². The number of nitrogens with zero attached hydrogens (tertiary/aromatic N) is 1. The Morgan fingerprint density at radius 2 is 1.95 bits per heavy atom. The van der Waals surface area contributed by atoms with Crippen LogP contribution in [0.5, 0.6) is 0 Å². The summed E-state index contributed by atoms with van der Waals surface area (Å²) in [6.45, 7) is 6.66. The maximum Gasteiger partial charge on any atom is 0.182 e. The number of fused-ring (bicyclic) bond motifs is 1. The Kier molecular flexibility index (Phi) is 3.10. The van der Waals surface area contributed by atoms with Crippen molar-refractivity contribution in [3.8, 4) is 9.88 Å². The van der Waals surface area contributed by atoms with E-state index in [2.05, 4.69) is 37.9 Å². The van der Waals surface area contributed by atoms with Crippen molar-refractivity contribution in [3.63, 3.8) is 0 Å². The van der Waals surface area contributed by atoms with Gasteiger partial charge in [0.15, 0.2) is 5.78 Å². The maximum atomic E-state index is 11.8. The van der Waals surface area contributed by atoms with Crippen LogP contribution in [-0.4, -0.2) is 10.8 Å². The number of carbonyl (C=O) groups excluding carboxylic acids is 1. The number of hydrogen-bond acceptors (Lipinski definition) is 4. The third-order valence-electron chi connectivity index (χ3n) is 3.33. The number of aromatic nitrogens is 1. The molecule has 0 unspecified atom stereocenters. The van der Waals surface area contributed by atoms with Crippen LogP contribution in [-0.2, 0) is 11.8 Å². The van der Waals surface area contributed by atoms with E-state index in [1.54, 1.807) is 22.7 Å². The number of thiazole rings is 1. The first-order valence-corrected chi connectivity index (χ1v) is 8.22. The van der Waals surface area contributed by atoms with Gasteiger partial charge in [-0.2, -0.15) is 0 Å². The summed E-state index contributed by atoms with van der Waals surface area (Å²) in [6.07, 6.45) is 2.65.